The van der Waals surface area contributed by atoms with Gasteiger partial charge in [0.25, 0.3) is 0 Å². The number of sulfonamides is 1. The number of likely N-dealkylation sites (N-methyl/N-ethyl adjacent to an activating group) is 1. The number of nitrogens with one attached hydrogen (secondary N) is 2. The highest BCUT2D eigenvalue weighted by Gasteiger charge is 2.30. The van der Waals surface area contributed by atoms with Crippen LogP contribution in [0.25, 0.3) is 0 Å². The number of fused-ring (bicyclic) bond motifs is 1. The molecule has 2 amide bonds. The molecule has 0 spiro atoms. The molecule has 184 valence electrons. The molecule has 8 nitrogen and oxygen atoms in total. The van der Waals surface area contributed by atoms with Crippen molar-refractivity contribution in [2.24, 2.45) is 5.92 Å². The van der Waals surface area contributed by atoms with Gasteiger partial charge in [-0.05, 0) is 48.7 Å². The van der Waals surface area contributed by atoms with Crippen LogP contribution >= 0.6 is 0 Å². The molecule has 2 aromatic rings. The summed E-state index contributed by atoms with van der Waals surface area (Å²) >= 11 is 0. The van der Waals surface area contributed by atoms with E-state index in [1.165, 1.54) is 18.6 Å². The topological polar surface area (TPSA) is 98.8 Å². The monoisotopic (exact) mass is 486 g/mol. The minimum Gasteiger partial charge on any atom is -0.353 e. The van der Waals surface area contributed by atoms with Crippen molar-refractivity contribution < 1.29 is 18.0 Å². The summed E-state index contributed by atoms with van der Waals surface area (Å²) < 4.78 is 28.7. The molecule has 3 rings (SSSR count). The van der Waals surface area contributed by atoms with Gasteiger partial charge in [-0.1, -0.05) is 44.2 Å². The third-order valence-electron chi connectivity index (χ3n) is 5.96. The number of nitrogens with zero attached hydrogens (tertiary/aromatic N) is 2. The van der Waals surface area contributed by atoms with Crippen molar-refractivity contribution in [3.8, 4) is 0 Å². The first-order valence-corrected chi connectivity index (χ1v) is 13.0. The number of hydrogen-bond donors (Lipinski definition) is 2. The van der Waals surface area contributed by atoms with E-state index in [1.807, 2.05) is 39.1 Å². The van der Waals surface area contributed by atoms with Crippen LogP contribution in [-0.2, 0) is 32.6 Å². The van der Waals surface area contributed by atoms with Crippen LogP contribution in [-0.4, -0.2) is 57.9 Å². The van der Waals surface area contributed by atoms with Gasteiger partial charge < -0.3 is 15.1 Å². The van der Waals surface area contributed by atoms with Crippen molar-refractivity contribution in [1.29, 1.82) is 0 Å². The van der Waals surface area contributed by atoms with Crippen LogP contribution in [0.4, 0.5) is 5.69 Å². The van der Waals surface area contributed by atoms with Crippen molar-refractivity contribution in [3.63, 3.8) is 0 Å². The van der Waals surface area contributed by atoms with E-state index in [-0.39, 0.29) is 22.6 Å². The van der Waals surface area contributed by atoms with Crippen LogP contribution in [0.5, 0.6) is 0 Å². The molecule has 0 bridgehead atoms. The lowest BCUT2D eigenvalue weighted by Crippen LogP contribution is -2.50. The van der Waals surface area contributed by atoms with E-state index >= 15 is 0 Å². The van der Waals surface area contributed by atoms with E-state index in [1.54, 1.807) is 17.0 Å². The predicted octanol–water partition coefficient (Wildman–Crippen LogP) is 2.15. The van der Waals surface area contributed by atoms with E-state index in [0.29, 0.717) is 26.1 Å². The Labute approximate surface area is 202 Å². The summed E-state index contributed by atoms with van der Waals surface area (Å²) in [7, 11) is -1.94. The van der Waals surface area contributed by atoms with Gasteiger partial charge >= 0.3 is 0 Å². The summed E-state index contributed by atoms with van der Waals surface area (Å²) in [6, 6.07) is 13.9. The number of benzene rings is 2. The Hall–Kier alpha value is -2.75. The zero-order valence-corrected chi connectivity index (χ0v) is 21.1. The summed E-state index contributed by atoms with van der Waals surface area (Å²) in [5, 5.41) is 2.86. The largest absolute Gasteiger partial charge is 0.353 e. The van der Waals surface area contributed by atoms with Crippen LogP contribution < -0.4 is 14.9 Å². The molecule has 1 aliphatic rings. The van der Waals surface area contributed by atoms with E-state index in [9.17, 15) is 18.0 Å². The highest BCUT2D eigenvalue weighted by atomic mass is 32.2. The smallest absolute Gasteiger partial charge is 0.241 e. The molecular formula is C25H34N4O4S. The first-order valence-electron chi connectivity index (χ1n) is 11.5. The third-order valence-corrected chi connectivity index (χ3v) is 7.40. The average molecular weight is 487 g/mol. The Balaban J connectivity index is 1.60. The molecule has 34 heavy (non-hydrogen) atoms. The maximum atomic E-state index is 13.1. The highest BCUT2D eigenvalue weighted by molar-refractivity contribution is 7.89. The van der Waals surface area contributed by atoms with E-state index < -0.39 is 16.1 Å². The molecule has 1 atom stereocenters. The quantitative estimate of drug-likeness (QED) is 0.536. The SMILES string of the molecule is CC(=O)N1CCc2cc(S(=O)(=O)N[C@@H](C(=O)NCCN(C)Cc3ccccc3)C(C)C)ccc21. The van der Waals surface area contributed by atoms with Gasteiger partial charge in [-0.3, -0.25) is 9.59 Å². The molecule has 0 unspecified atom stereocenters. The molecule has 9 heteroatoms. The second-order valence-electron chi connectivity index (χ2n) is 9.07. The van der Waals surface area contributed by atoms with Crippen LogP contribution in [0.15, 0.2) is 53.4 Å². The molecule has 2 aromatic carbocycles. The Morgan fingerprint density at radius 1 is 1.12 bits per heavy atom. The third kappa shape index (κ3) is 6.43. The Bertz CT molecular complexity index is 1120. The average Bonchev–Trinajstić information content (AvgIpc) is 3.21. The van der Waals surface area contributed by atoms with Crippen LogP contribution in [0, 0.1) is 5.92 Å². The zero-order chi connectivity index (χ0) is 24.9. The van der Waals surface area contributed by atoms with Crippen LogP contribution in [0.1, 0.15) is 31.9 Å². The van der Waals surface area contributed by atoms with Gasteiger partial charge in [0.2, 0.25) is 21.8 Å². The van der Waals surface area contributed by atoms with Crippen LogP contribution in [0.2, 0.25) is 0 Å². The lowest BCUT2D eigenvalue weighted by atomic mass is 10.1. The van der Waals surface area contributed by atoms with Gasteiger partial charge in [0.05, 0.1) is 4.90 Å². The number of carbonyl (C=O) groups is 2. The van der Waals surface area contributed by atoms with Crippen molar-refractivity contribution in [3.05, 3.63) is 59.7 Å². The van der Waals surface area contributed by atoms with E-state index in [2.05, 4.69) is 27.1 Å². The fraction of sp³-hybridized carbons (Fsp3) is 0.440. The van der Waals surface area contributed by atoms with Gasteiger partial charge in [0.1, 0.15) is 6.04 Å². The summed E-state index contributed by atoms with van der Waals surface area (Å²) in [4.78, 5) is 28.4. The lowest BCUT2D eigenvalue weighted by Gasteiger charge is -2.23. The molecule has 0 aromatic heterocycles. The maximum absolute atomic E-state index is 13.1. The van der Waals surface area contributed by atoms with Gasteiger partial charge in [0.15, 0.2) is 0 Å². The second-order valence-corrected chi connectivity index (χ2v) is 10.8. The van der Waals surface area contributed by atoms with E-state index in [4.69, 9.17) is 0 Å². The van der Waals surface area contributed by atoms with Crippen molar-refractivity contribution >= 4 is 27.5 Å². The Morgan fingerprint density at radius 3 is 2.47 bits per heavy atom. The van der Waals surface area contributed by atoms with Gasteiger partial charge in [0, 0.05) is 38.8 Å². The summed E-state index contributed by atoms with van der Waals surface area (Å²) in [6.07, 6.45) is 0.600. The van der Waals surface area contributed by atoms with E-state index in [0.717, 1.165) is 17.8 Å². The summed E-state index contributed by atoms with van der Waals surface area (Å²) in [5.74, 6) is -0.659. The number of amides is 2. The fourth-order valence-corrected chi connectivity index (χ4v) is 5.45. The summed E-state index contributed by atoms with van der Waals surface area (Å²) in [6.45, 7) is 7.45. The van der Waals surface area contributed by atoms with Crippen molar-refractivity contribution in [2.75, 3.05) is 31.6 Å². The van der Waals surface area contributed by atoms with Gasteiger partial charge in [-0.15, -0.1) is 0 Å². The molecular weight excluding hydrogens is 452 g/mol. The minimum absolute atomic E-state index is 0.0709. The molecule has 1 aliphatic heterocycles. The lowest BCUT2D eigenvalue weighted by molar-refractivity contribution is -0.123. The molecule has 1 heterocycles. The first-order chi connectivity index (χ1) is 16.1. The van der Waals surface area contributed by atoms with Crippen molar-refractivity contribution in [2.45, 2.75) is 44.7 Å². The normalized spacial score (nSPS) is 14.4. The fourth-order valence-electron chi connectivity index (χ4n) is 4.05. The molecule has 0 saturated carbocycles. The standard InChI is InChI=1S/C25H34N4O4S/c1-18(2)24(25(31)26-13-15-28(4)17-20-8-6-5-7-9-20)27-34(32,33)22-10-11-23-21(16-22)12-14-29(23)19(3)30/h5-11,16,18,24,27H,12-15,17H2,1-4H3,(H,26,31)/t24-/m1/s1. The predicted molar refractivity (Wildman–Crippen MR) is 133 cm³/mol. The minimum atomic E-state index is -3.92. The Kier molecular flexibility index (Phi) is 8.46. The Morgan fingerprint density at radius 2 is 1.82 bits per heavy atom. The first kappa shape index (κ1) is 25.9. The number of carbonyl (C=O) groups excluding carboxylic acids is 2. The highest BCUT2D eigenvalue weighted by Crippen LogP contribution is 2.30. The molecule has 0 saturated heterocycles. The summed E-state index contributed by atoms with van der Waals surface area (Å²) in [5.41, 5.74) is 2.74. The second kappa shape index (κ2) is 11.1. The van der Waals surface area contributed by atoms with Crippen LogP contribution in [0.3, 0.4) is 0 Å². The number of anilines is 1. The van der Waals surface area contributed by atoms with Gasteiger partial charge in [-0.2, -0.15) is 4.72 Å². The molecule has 0 aliphatic carbocycles. The van der Waals surface area contributed by atoms with Gasteiger partial charge in [-0.25, -0.2) is 8.42 Å². The molecule has 2 N–H and O–H groups in total. The number of rotatable bonds is 10. The molecule has 0 fully saturated rings. The molecule has 0 radical (unpaired) electrons. The van der Waals surface area contributed by atoms with Crippen molar-refractivity contribution in [1.82, 2.24) is 14.9 Å². The number of hydrogen-bond acceptors (Lipinski definition) is 5. The maximum Gasteiger partial charge on any atom is 0.241 e. The zero-order valence-electron chi connectivity index (χ0n) is 20.2.